The highest BCUT2D eigenvalue weighted by Gasteiger charge is 2.22. The second kappa shape index (κ2) is 11.2. The molecule has 168 valence electrons. The van der Waals surface area contributed by atoms with Gasteiger partial charge in [0.1, 0.15) is 5.58 Å². The van der Waals surface area contributed by atoms with Crippen LogP contribution in [0, 0.1) is 0 Å². The fourth-order valence-electron chi connectivity index (χ4n) is 4.02. The van der Waals surface area contributed by atoms with Gasteiger partial charge in [-0.1, -0.05) is 37.5 Å². The molecule has 32 heavy (non-hydrogen) atoms. The summed E-state index contributed by atoms with van der Waals surface area (Å²) in [5, 5.41) is 7.36. The third kappa shape index (κ3) is 5.91. The first-order chi connectivity index (χ1) is 15.7. The maximum atomic E-state index is 12.9. The van der Waals surface area contributed by atoms with Crippen LogP contribution in [0.15, 0.2) is 53.2 Å². The lowest BCUT2D eigenvalue weighted by molar-refractivity contribution is -0.121. The lowest BCUT2D eigenvalue weighted by Gasteiger charge is -2.20. The first-order valence-corrected chi connectivity index (χ1v) is 12.3. The summed E-state index contributed by atoms with van der Waals surface area (Å²) < 4.78 is 5.93. The summed E-state index contributed by atoms with van der Waals surface area (Å²) >= 11 is 1.93. The molecule has 0 aliphatic heterocycles. The quantitative estimate of drug-likeness (QED) is 0.487. The summed E-state index contributed by atoms with van der Waals surface area (Å²) in [5.74, 6) is 0.755. The van der Waals surface area contributed by atoms with Crippen molar-refractivity contribution < 1.29 is 14.0 Å². The number of hydrogen-bond donors (Lipinski definition) is 2. The van der Waals surface area contributed by atoms with Crippen molar-refractivity contribution in [3.63, 3.8) is 0 Å². The first kappa shape index (κ1) is 22.4. The number of rotatable bonds is 9. The van der Waals surface area contributed by atoms with E-state index in [-0.39, 0.29) is 24.8 Å². The second-order valence-corrected chi connectivity index (χ2v) is 9.40. The summed E-state index contributed by atoms with van der Waals surface area (Å²) in [6.45, 7) is 0.703. The van der Waals surface area contributed by atoms with Crippen molar-refractivity contribution in [3.05, 3.63) is 65.7 Å². The monoisotopic (exact) mass is 451 g/mol. The van der Waals surface area contributed by atoms with Crippen LogP contribution in [0.5, 0.6) is 0 Å². The normalized spacial score (nSPS) is 14.4. The fraction of sp³-hybridized carbons (Fsp3) is 0.400. The average molecular weight is 452 g/mol. The third-order valence-corrected chi connectivity index (χ3v) is 7.19. The van der Waals surface area contributed by atoms with E-state index in [4.69, 9.17) is 4.42 Å². The van der Waals surface area contributed by atoms with Crippen molar-refractivity contribution in [2.75, 3.05) is 6.54 Å². The van der Waals surface area contributed by atoms with Crippen LogP contribution < -0.4 is 10.6 Å². The number of fused-ring (bicyclic) bond motifs is 1. The molecular formula is C25H29N3O3S. The Morgan fingerprint density at radius 3 is 2.62 bits per heavy atom. The van der Waals surface area contributed by atoms with Crippen molar-refractivity contribution >= 4 is 34.5 Å². The first-order valence-electron chi connectivity index (χ1n) is 11.3. The number of carbonyl (C=O) groups is 2. The average Bonchev–Trinajstić information content (AvgIpc) is 3.21. The molecular weight excluding hydrogens is 422 g/mol. The van der Waals surface area contributed by atoms with Gasteiger partial charge in [-0.2, -0.15) is 11.8 Å². The van der Waals surface area contributed by atoms with Gasteiger partial charge in [0.2, 0.25) is 5.91 Å². The topological polar surface area (TPSA) is 84.2 Å². The predicted molar refractivity (Wildman–Crippen MR) is 127 cm³/mol. The number of benzene rings is 1. The number of aromatic nitrogens is 1. The van der Waals surface area contributed by atoms with Gasteiger partial charge in [0.05, 0.1) is 0 Å². The number of para-hydroxylation sites is 1. The summed E-state index contributed by atoms with van der Waals surface area (Å²) in [7, 11) is 0. The van der Waals surface area contributed by atoms with E-state index < -0.39 is 0 Å². The maximum Gasteiger partial charge on any atom is 0.287 e. The van der Waals surface area contributed by atoms with Gasteiger partial charge in [0.15, 0.2) is 5.76 Å². The van der Waals surface area contributed by atoms with E-state index in [2.05, 4.69) is 15.6 Å². The lowest BCUT2D eigenvalue weighted by atomic mass is 10.0. The largest absolute Gasteiger partial charge is 0.451 e. The lowest BCUT2D eigenvalue weighted by Crippen LogP contribution is -2.30. The molecule has 1 saturated carbocycles. The summed E-state index contributed by atoms with van der Waals surface area (Å²) in [6, 6.07) is 11.5. The van der Waals surface area contributed by atoms with Gasteiger partial charge >= 0.3 is 0 Å². The van der Waals surface area contributed by atoms with Crippen molar-refractivity contribution in [1.29, 1.82) is 0 Å². The Labute approximate surface area is 192 Å². The number of nitrogens with one attached hydrogen (secondary N) is 2. The number of amides is 2. The molecule has 2 heterocycles. The Hall–Kier alpha value is -2.80. The zero-order chi connectivity index (χ0) is 22.2. The van der Waals surface area contributed by atoms with Crippen LogP contribution in [0.3, 0.4) is 0 Å². The standard InChI is InChI=1S/C25H29N3O3S/c29-23(28-16-18-10-13-26-14-11-18)12-15-27-25(30)24-21(17-32-19-6-2-1-3-7-19)20-8-4-5-9-22(20)31-24/h4-5,8-11,13-14,19H,1-3,6-7,12,15-17H2,(H,27,30)(H,28,29). The Morgan fingerprint density at radius 1 is 1.03 bits per heavy atom. The summed E-state index contributed by atoms with van der Waals surface area (Å²) in [5.41, 5.74) is 2.67. The SMILES string of the molecule is O=C(CCNC(=O)c1oc2ccccc2c1CSC1CCCCC1)NCc1ccncc1. The van der Waals surface area contributed by atoms with E-state index in [1.165, 1.54) is 32.1 Å². The molecule has 0 spiro atoms. The van der Waals surface area contributed by atoms with Crippen LogP contribution in [-0.2, 0) is 17.1 Å². The van der Waals surface area contributed by atoms with Gasteiger partial charge in [0, 0.05) is 53.9 Å². The molecule has 0 atom stereocenters. The highest BCUT2D eigenvalue weighted by Crippen LogP contribution is 2.34. The van der Waals surface area contributed by atoms with Gasteiger partial charge in [-0.25, -0.2) is 0 Å². The maximum absolute atomic E-state index is 12.9. The van der Waals surface area contributed by atoms with Crippen LogP contribution >= 0.6 is 11.8 Å². The second-order valence-electron chi connectivity index (χ2n) is 8.12. The molecule has 2 aromatic heterocycles. The minimum atomic E-state index is -0.262. The van der Waals surface area contributed by atoms with E-state index in [1.54, 1.807) is 12.4 Å². The Balaban J connectivity index is 1.33. The molecule has 0 saturated heterocycles. The third-order valence-electron chi connectivity index (χ3n) is 5.80. The Kier molecular flexibility index (Phi) is 7.82. The zero-order valence-corrected chi connectivity index (χ0v) is 19.0. The van der Waals surface area contributed by atoms with E-state index in [0.29, 0.717) is 17.6 Å². The van der Waals surface area contributed by atoms with Crippen molar-refractivity contribution in [3.8, 4) is 0 Å². The van der Waals surface area contributed by atoms with Crippen molar-refractivity contribution in [2.45, 2.75) is 56.1 Å². The molecule has 7 heteroatoms. The Morgan fingerprint density at radius 2 is 1.81 bits per heavy atom. The van der Waals surface area contributed by atoms with E-state index >= 15 is 0 Å². The molecule has 1 aliphatic carbocycles. The van der Waals surface area contributed by atoms with Gasteiger partial charge < -0.3 is 15.1 Å². The van der Waals surface area contributed by atoms with Gasteiger partial charge in [-0.3, -0.25) is 14.6 Å². The summed E-state index contributed by atoms with van der Waals surface area (Å²) in [6.07, 6.45) is 10.0. The molecule has 3 aromatic rings. The number of furan rings is 1. The molecule has 0 radical (unpaired) electrons. The van der Waals surface area contributed by atoms with E-state index in [1.807, 2.05) is 48.2 Å². The minimum Gasteiger partial charge on any atom is -0.451 e. The smallest absolute Gasteiger partial charge is 0.287 e. The molecule has 2 N–H and O–H groups in total. The van der Waals surface area contributed by atoms with E-state index in [0.717, 1.165) is 27.8 Å². The molecule has 1 aromatic carbocycles. The van der Waals surface area contributed by atoms with Gasteiger partial charge in [-0.05, 0) is 36.6 Å². The molecule has 0 bridgehead atoms. The van der Waals surface area contributed by atoms with Crippen LogP contribution in [-0.4, -0.2) is 28.6 Å². The molecule has 0 unspecified atom stereocenters. The number of carbonyl (C=O) groups excluding carboxylic acids is 2. The van der Waals surface area contributed by atoms with Gasteiger partial charge in [0.25, 0.3) is 5.91 Å². The number of nitrogens with zero attached hydrogens (tertiary/aromatic N) is 1. The number of thioether (sulfide) groups is 1. The summed E-state index contributed by atoms with van der Waals surface area (Å²) in [4.78, 5) is 29.0. The minimum absolute atomic E-state index is 0.111. The number of hydrogen-bond acceptors (Lipinski definition) is 5. The van der Waals surface area contributed by atoms with Crippen molar-refractivity contribution in [2.24, 2.45) is 0 Å². The highest BCUT2D eigenvalue weighted by atomic mass is 32.2. The van der Waals surface area contributed by atoms with Crippen LogP contribution in [0.4, 0.5) is 0 Å². The van der Waals surface area contributed by atoms with Crippen LogP contribution in [0.1, 0.15) is 60.2 Å². The molecule has 1 fully saturated rings. The van der Waals surface area contributed by atoms with Gasteiger partial charge in [-0.15, -0.1) is 0 Å². The number of pyridine rings is 1. The predicted octanol–water partition coefficient (Wildman–Crippen LogP) is 4.83. The Bertz CT molecular complexity index is 1050. The molecule has 2 amide bonds. The molecule has 6 nitrogen and oxygen atoms in total. The highest BCUT2D eigenvalue weighted by molar-refractivity contribution is 7.99. The molecule has 4 rings (SSSR count). The van der Waals surface area contributed by atoms with Crippen LogP contribution in [0.25, 0.3) is 11.0 Å². The van der Waals surface area contributed by atoms with E-state index in [9.17, 15) is 9.59 Å². The zero-order valence-electron chi connectivity index (χ0n) is 18.1. The molecule has 1 aliphatic rings. The fourth-order valence-corrected chi connectivity index (χ4v) is 5.37. The van der Waals surface area contributed by atoms with Crippen molar-refractivity contribution in [1.82, 2.24) is 15.6 Å². The van der Waals surface area contributed by atoms with Crippen LogP contribution in [0.2, 0.25) is 0 Å².